The first kappa shape index (κ1) is 19.7. The summed E-state index contributed by atoms with van der Waals surface area (Å²) in [4.78, 5) is 25.1. The number of carbonyl (C=O) groups is 2. The van der Waals surface area contributed by atoms with Crippen LogP contribution in [0.1, 0.15) is 66.2 Å². The molecule has 1 aliphatic heterocycles. The summed E-state index contributed by atoms with van der Waals surface area (Å²) in [6, 6.07) is 0. The van der Waals surface area contributed by atoms with Crippen molar-refractivity contribution in [2.24, 2.45) is 22.7 Å². The Hall–Kier alpha value is -1.30. The highest BCUT2D eigenvalue weighted by molar-refractivity contribution is 5.92. The molecule has 0 aromatic rings. The molecule has 1 N–H and O–H groups in total. The van der Waals surface area contributed by atoms with Gasteiger partial charge in [0.15, 0.2) is 23.0 Å². The van der Waals surface area contributed by atoms with Crippen molar-refractivity contribution in [1.29, 1.82) is 0 Å². The van der Waals surface area contributed by atoms with Crippen molar-refractivity contribution < 1.29 is 24.2 Å². The van der Waals surface area contributed by atoms with Crippen LogP contribution in [0, 0.1) is 22.7 Å². The fourth-order valence-electron chi connectivity index (χ4n) is 7.58. The number of aliphatic hydroxyl groups excluding tert-OH is 1. The summed E-state index contributed by atoms with van der Waals surface area (Å²) in [6.45, 7) is 7.66. The second-order valence-electron chi connectivity index (χ2n) is 10.7. The second-order valence-corrected chi connectivity index (χ2v) is 10.7. The minimum absolute atomic E-state index is 0.0367. The van der Waals surface area contributed by atoms with Crippen molar-refractivity contribution in [3.8, 4) is 0 Å². The first-order valence-corrected chi connectivity index (χ1v) is 11.0. The third kappa shape index (κ3) is 2.33. The molecule has 5 rings (SSSR count). The molecular weight excluding hydrogens is 368 g/mol. The number of hydrogen-bond acceptors (Lipinski definition) is 5. The van der Waals surface area contributed by atoms with Gasteiger partial charge in [-0.3, -0.25) is 9.59 Å². The van der Waals surface area contributed by atoms with E-state index < -0.39 is 23.4 Å². The SMILES string of the molecule is CC1(C)OC2CC3C4CCC5=CC(=O)CCC5(C)C4=CCC3(C)C2(C(=O)CO)O1. The lowest BCUT2D eigenvalue weighted by Gasteiger charge is -2.55. The zero-order chi connectivity index (χ0) is 20.8. The Bertz CT molecular complexity index is 853. The topological polar surface area (TPSA) is 72.8 Å². The van der Waals surface area contributed by atoms with Crippen molar-refractivity contribution in [1.82, 2.24) is 0 Å². The number of carbonyl (C=O) groups excluding carboxylic acids is 2. The Morgan fingerprint density at radius 2 is 2.00 bits per heavy atom. The lowest BCUT2D eigenvalue weighted by molar-refractivity contribution is -0.206. The molecule has 6 atom stereocenters. The number of aliphatic hydroxyl groups is 1. The van der Waals surface area contributed by atoms with Gasteiger partial charge in [-0.2, -0.15) is 0 Å². The molecular formula is C24H32O5. The largest absolute Gasteiger partial charge is 0.388 e. The molecule has 0 spiro atoms. The highest BCUT2D eigenvalue weighted by Gasteiger charge is 2.74. The smallest absolute Gasteiger partial charge is 0.193 e. The van der Waals surface area contributed by atoms with Crippen LogP contribution in [-0.4, -0.2) is 40.8 Å². The van der Waals surface area contributed by atoms with Gasteiger partial charge < -0.3 is 14.6 Å². The maximum Gasteiger partial charge on any atom is 0.193 e. The van der Waals surface area contributed by atoms with Crippen LogP contribution in [0.25, 0.3) is 0 Å². The van der Waals surface area contributed by atoms with Gasteiger partial charge in [-0.05, 0) is 63.9 Å². The number of ketones is 2. The van der Waals surface area contributed by atoms with Gasteiger partial charge in [0.2, 0.25) is 0 Å². The molecule has 6 unspecified atom stereocenters. The summed E-state index contributed by atoms with van der Waals surface area (Å²) < 4.78 is 12.6. The molecule has 0 bridgehead atoms. The van der Waals surface area contributed by atoms with Gasteiger partial charge >= 0.3 is 0 Å². The van der Waals surface area contributed by atoms with Gasteiger partial charge in [0, 0.05) is 17.3 Å². The summed E-state index contributed by atoms with van der Waals surface area (Å²) in [7, 11) is 0. The molecule has 0 aromatic heterocycles. The highest BCUT2D eigenvalue weighted by atomic mass is 16.8. The van der Waals surface area contributed by atoms with E-state index in [2.05, 4.69) is 19.9 Å². The van der Waals surface area contributed by atoms with Crippen LogP contribution in [-0.2, 0) is 19.1 Å². The Kier molecular flexibility index (Phi) is 3.99. The van der Waals surface area contributed by atoms with E-state index in [4.69, 9.17) is 9.47 Å². The molecule has 5 heteroatoms. The first-order valence-electron chi connectivity index (χ1n) is 11.0. The number of Topliss-reactive ketones (excluding diaryl/α,β-unsaturated/α-hetero) is 1. The average molecular weight is 401 g/mol. The number of allylic oxidation sites excluding steroid dienone is 4. The number of hydrogen-bond donors (Lipinski definition) is 1. The summed E-state index contributed by atoms with van der Waals surface area (Å²) >= 11 is 0. The van der Waals surface area contributed by atoms with E-state index >= 15 is 0 Å². The second kappa shape index (κ2) is 5.89. The molecule has 158 valence electrons. The lowest BCUT2D eigenvalue weighted by Crippen LogP contribution is -2.59. The molecule has 0 radical (unpaired) electrons. The predicted molar refractivity (Wildman–Crippen MR) is 107 cm³/mol. The molecule has 2 saturated carbocycles. The van der Waals surface area contributed by atoms with E-state index in [0.717, 1.165) is 32.1 Å². The molecule has 0 amide bonds. The number of fused-ring (bicyclic) bond motifs is 7. The van der Waals surface area contributed by atoms with Gasteiger partial charge in [0.25, 0.3) is 0 Å². The van der Waals surface area contributed by atoms with Gasteiger partial charge in [-0.1, -0.05) is 31.1 Å². The predicted octanol–water partition coefficient (Wildman–Crippen LogP) is 3.50. The molecule has 1 saturated heterocycles. The highest BCUT2D eigenvalue weighted by Crippen LogP contribution is 2.69. The lowest BCUT2D eigenvalue weighted by atomic mass is 9.50. The van der Waals surface area contributed by atoms with Crippen molar-refractivity contribution >= 4 is 11.6 Å². The van der Waals surface area contributed by atoms with Gasteiger partial charge in [-0.15, -0.1) is 0 Å². The summed E-state index contributed by atoms with van der Waals surface area (Å²) in [5, 5.41) is 9.82. The maximum absolute atomic E-state index is 13.1. The quantitative estimate of drug-likeness (QED) is 0.718. The normalized spacial score (nSPS) is 47.5. The summed E-state index contributed by atoms with van der Waals surface area (Å²) in [5.74, 6) is -0.181. The van der Waals surface area contributed by atoms with E-state index in [9.17, 15) is 14.7 Å². The Labute approximate surface area is 172 Å². The zero-order valence-electron chi connectivity index (χ0n) is 17.9. The van der Waals surface area contributed by atoms with Crippen LogP contribution in [0.5, 0.6) is 0 Å². The van der Waals surface area contributed by atoms with Crippen LogP contribution in [0.4, 0.5) is 0 Å². The van der Waals surface area contributed by atoms with E-state index in [1.807, 2.05) is 19.9 Å². The molecule has 29 heavy (non-hydrogen) atoms. The van der Waals surface area contributed by atoms with E-state index in [1.54, 1.807) is 0 Å². The Morgan fingerprint density at radius 1 is 1.24 bits per heavy atom. The standard InChI is InChI=1S/C24H32O5/c1-21(2)28-20-12-18-16-6-5-14-11-15(26)7-9-22(14,3)17(16)8-10-23(18,4)24(20,29-21)19(27)13-25/h8,11,16,18,20,25H,5-7,9-10,12-13H2,1-4H3. The Balaban J connectivity index is 1.60. The Morgan fingerprint density at radius 3 is 2.72 bits per heavy atom. The minimum atomic E-state index is -1.09. The zero-order valence-corrected chi connectivity index (χ0v) is 17.9. The summed E-state index contributed by atoms with van der Waals surface area (Å²) in [6.07, 6.45) is 8.86. The van der Waals surface area contributed by atoms with Gasteiger partial charge in [0.1, 0.15) is 6.61 Å². The first-order chi connectivity index (χ1) is 13.6. The fourth-order valence-corrected chi connectivity index (χ4v) is 7.58. The van der Waals surface area contributed by atoms with Crippen molar-refractivity contribution in [3.63, 3.8) is 0 Å². The van der Waals surface area contributed by atoms with Crippen molar-refractivity contribution in [2.45, 2.75) is 83.7 Å². The van der Waals surface area contributed by atoms with Crippen LogP contribution in [0.3, 0.4) is 0 Å². The maximum atomic E-state index is 13.1. The monoisotopic (exact) mass is 400 g/mol. The van der Waals surface area contributed by atoms with Crippen molar-refractivity contribution in [2.75, 3.05) is 6.61 Å². The minimum Gasteiger partial charge on any atom is -0.388 e. The number of rotatable bonds is 2. The van der Waals surface area contributed by atoms with Gasteiger partial charge in [-0.25, -0.2) is 0 Å². The molecule has 3 fully saturated rings. The van der Waals surface area contributed by atoms with E-state index in [0.29, 0.717) is 12.3 Å². The molecule has 0 aromatic carbocycles. The summed E-state index contributed by atoms with van der Waals surface area (Å²) in [5.41, 5.74) is 1.22. The van der Waals surface area contributed by atoms with Gasteiger partial charge in [0.05, 0.1) is 6.10 Å². The van der Waals surface area contributed by atoms with Crippen LogP contribution < -0.4 is 0 Å². The van der Waals surface area contributed by atoms with Crippen molar-refractivity contribution in [3.05, 3.63) is 23.3 Å². The van der Waals surface area contributed by atoms with Crippen LogP contribution >= 0.6 is 0 Å². The third-order valence-corrected chi connectivity index (χ3v) is 8.89. The molecule has 5 aliphatic rings. The molecule has 4 aliphatic carbocycles. The van der Waals surface area contributed by atoms with Crippen LogP contribution in [0.15, 0.2) is 23.3 Å². The van der Waals surface area contributed by atoms with E-state index in [-0.39, 0.29) is 29.0 Å². The van der Waals surface area contributed by atoms with Crippen LogP contribution in [0.2, 0.25) is 0 Å². The third-order valence-electron chi connectivity index (χ3n) is 8.89. The fraction of sp³-hybridized carbons (Fsp3) is 0.750. The van der Waals surface area contributed by atoms with E-state index in [1.165, 1.54) is 11.1 Å². The molecule has 1 heterocycles. The number of ether oxygens (including phenoxy) is 2. The molecule has 5 nitrogen and oxygen atoms in total. The average Bonchev–Trinajstić information content (AvgIpc) is 3.07.